The van der Waals surface area contributed by atoms with Crippen molar-refractivity contribution in [1.82, 2.24) is 4.90 Å². The van der Waals surface area contributed by atoms with E-state index in [9.17, 15) is 4.79 Å². The van der Waals surface area contributed by atoms with Crippen LogP contribution in [-0.4, -0.2) is 51.8 Å². The summed E-state index contributed by atoms with van der Waals surface area (Å²) in [7, 11) is 5.09. The molecule has 0 fully saturated rings. The Morgan fingerprint density at radius 2 is 2.11 bits per heavy atom. The van der Waals surface area contributed by atoms with Crippen molar-refractivity contribution in [3.05, 3.63) is 24.3 Å². The number of nitrogens with zero attached hydrogens (tertiary/aromatic N) is 1. The summed E-state index contributed by atoms with van der Waals surface area (Å²) in [4.78, 5) is 13.0. The van der Waals surface area contributed by atoms with Crippen molar-refractivity contribution in [3.63, 3.8) is 0 Å². The molecule has 18 heavy (non-hydrogen) atoms. The summed E-state index contributed by atoms with van der Waals surface area (Å²) in [5, 5.41) is 3.05. The number of hydrogen-bond acceptors (Lipinski definition) is 4. The molecular weight excluding hydrogens is 232 g/mol. The SMILES string of the molecule is COCCOc1cccc(NCC(=O)N(C)C)c1. The highest BCUT2D eigenvalue weighted by molar-refractivity contribution is 5.80. The molecule has 5 nitrogen and oxygen atoms in total. The number of methoxy groups -OCH3 is 1. The lowest BCUT2D eigenvalue weighted by Gasteiger charge is -2.12. The molecule has 0 saturated heterocycles. The van der Waals surface area contributed by atoms with Crippen molar-refractivity contribution in [1.29, 1.82) is 0 Å². The third-order valence-corrected chi connectivity index (χ3v) is 2.33. The fourth-order valence-corrected chi connectivity index (χ4v) is 1.27. The molecule has 1 rings (SSSR count). The van der Waals surface area contributed by atoms with E-state index in [0.717, 1.165) is 11.4 Å². The maximum atomic E-state index is 11.4. The van der Waals surface area contributed by atoms with Crippen molar-refractivity contribution >= 4 is 11.6 Å². The minimum Gasteiger partial charge on any atom is -0.491 e. The van der Waals surface area contributed by atoms with Gasteiger partial charge >= 0.3 is 0 Å². The van der Waals surface area contributed by atoms with Gasteiger partial charge in [-0.05, 0) is 12.1 Å². The summed E-state index contributed by atoms with van der Waals surface area (Å²) in [6.07, 6.45) is 0. The van der Waals surface area contributed by atoms with Gasteiger partial charge in [0.05, 0.1) is 13.2 Å². The number of anilines is 1. The standard InChI is InChI=1S/C13H20N2O3/c1-15(2)13(16)10-14-11-5-4-6-12(9-11)18-8-7-17-3/h4-6,9,14H,7-8,10H2,1-3H3. The van der Waals surface area contributed by atoms with Crippen LogP contribution in [0.15, 0.2) is 24.3 Å². The second kappa shape index (κ2) is 7.55. The van der Waals surface area contributed by atoms with E-state index in [1.165, 1.54) is 0 Å². The summed E-state index contributed by atoms with van der Waals surface area (Å²) in [5.41, 5.74) is 0.861. The number of likely N-dealkylation sites (N-methyl/N-ethyl adjacent to an activating group) is 1. The van der Waals surface area contributed by atoms with Crippen molar-refractivity contribution < 1.29 is 14.3 Å². The number of carbonyl (C=O) groups is 1. The maximum absolute atomic E-state index is 11.4. The molecule has 0 atom stereocenters. The minimum atomic E-state index is 0.0284. The third kappa shape index (κ3) is 5.05. The van der Waals surface area contributed by atoms with E-state index in [1.54, 1.807) is 26.1 Å². The topological polar surface area (TPSA) is 50.8 Å². The highest BCUT2D eigenvalue weighted by atomic mass is 16.5. The lowest BCUT2D eigenvalue weighted by Crippen LogP contribution is -2.28. The Morgan fingerprint density at radius 1 is 1.33 bits per heavy atom. The molecule has 0 unspecified atom stereocenters. The molecule has 0 radical (unpaired) electrons. The number of amides is 1. The van der Waals surface area contributed by atoms with Gasteiger partial charge < -0.3 is 19.7 Å². The second-order valence-electron chi connectivity index (χ2n) is 4.01. The van der Waals surface area contributed by atoms with E-state index >= 15 is 0 Å². The third-order valence-electron chi connectivity index (χ3n) is 2.33. The van der Waals surface area contributed by atoms with Gasteiger partial charge in [-0.2, -0.15) is 0 Å². The van der Waals surface area contributed by atoms with Crippen LogP contribution in [-0.2, 0) is 9.53 Å². The Kier molecular flexibility index (Phi) is 6.00. The van der Waals surface area contributed by atoms with Crippen molar-refractivity contribution in [3.8, 4) is 5.75 Å². The van der Waals surface area contributed by atoms with E-state index in [-0.39, 0.29) is 12.5 Å². The number of hydrogen-bond donors (Lipinski definition) is 1. The summed E-state index contributed by atoms with van der Waals surface area (Å²) < 4.78 is 10.4. The molecule has 0 bridgehead atoms. The molecule has 0 saturated carbocycles. The Bertz CT molecular complexity index is 380. The second-order valence-corrected chi connectivity index (χ2v) is 4.01. The number of nitrogens with one attached hydrogen (secondary N) is 1. The minimum absolute atomic E-state index is 0.0284. The van der Waals surface area contributed by atoms with E-state index in [0.29, 0.717) is 13.2 Å². The van der Waals surface area contributed by atoms with E-state index in [1.807, 2.05) is 24.3 Å². The lowest BCUT2D eigenvalue weighted by molar-refractivity contribution is -0.126. The van der Waals surface area contributed by atoms with Crippen LogP contribution in [0, 0.1) is 0 Å². The van der Waals surface area contributed by atoms with Gasteiger partial charge in [0.1, 0.15) is 12.4 Å². The molecule has 0 aliphatic rings. The molecule has 1 amide bonds. The molecule has 1 aromatic carbocycles. The normalized spacial score (nSPS) is 9.94. The van der Waals surface area contributed by atoms with Gasteiger partial charge in [0.15, 0.2) is 0 Å². The van der Waals surface area contributed by atoms with Gasteiger partial charge in [0.2, 0.25) is 5.91 Å². The Hall–Kier alpha value is -1.75. The molecular formula is C13H20N2O3. The van der Waals surface area contributed by atoms with Crippen LogP contribution < -0.4 is 10.1 Å². The smallest absolute Gasteiger partial charge is 0.241 e. The lowest BCUT2D eigenvalue weighted by atomic mass is 10.3. The average molecular weight is 252 g/mol. The van der Waals surface area contributed by atoms with E-state index in [4.69, 9.17) is 9.47 Å². The van der Waals surface area contributed by atoms with Crippen LogP contribution in [0.4, 0.5) is 5.69 Å². The van der Waals surface area contributed by atoms with Gasteiger partial charge in [0.25, 0.3) is 0 Å². The first-order valence-electron chi connectivity index (χ1n) is 5.79. The number of ether oxygens (including phenoxy) is 2. The molecule has 0 spiro atoms. The zero-order valence-corrected chi connectivity index (χ0v) is 11.1. The summed E-state index contributed by atoms with van der Waals surface area (Å²) >= 11 is 0. The van der Waals surface area contributed by atoms with Gasteiger partial charge in [-0.3, -0.25) is 4.79 Å². The first kappa shape index (κ1) is 14.3. The van der Waals surface area contributed by atoms with E-state index in [2.05, 4.69) is 5.32 Å². The van der Waals surface area contributed by atoms with Crippen molar-refractivity contribution in [2.24, 2.45) is 0 Å². The Morgan fingerprint density at radius 3 is 2.78 bits per heavy atom. The Balaban J connectivity index is 2.46. The molecule has 5 heteroatoms. The number of benzene rings is 1. The van der Waals surface area contributed by atoms with Gasteiger partial charge in [-0.15, -0.1) is 0 Å². The zero-order chi connectivity index (χ0) is 13.4. The largest absolute Gasteiger partial charge is 0.491 e. The molecule has 0 aromatic heterocycles. The highest BCUT2D eigenvalue weighted by Crippen LogP contribution is 2.17. The summed E-state index contributed by atoms with van der Waals surface area (Å²) in [6, 6.07) is 7.50. The fourth-order valence-electron chi connectivity index (χ4n) is 1.27. The maximum Gasteiger partial charge on any atom is 0.241 e. The fraction of sp³-hybridized carbons (Fsp3) is 0.462. The van der Waals surface area contributed by atoms with Gasteiger partial charge in [0, 0.05) is 33.0 Å². The first-order valence-corrected chi connectivity index (χ1v) is 5.79. The quantitative estimate of drug-likeness (QED) is 0.741. The van der Waals surface area contributed by atoms with Crippen LogP contribution in [0.5, 0.6) is 5.75 Å². The molecule has 1 N–H and O–H groups in total. The molecule has 0 aliphatic heterocycles. The molecule has 100 valence electrons. The molecule has 0 heterocycles. The predicted molar refractivity (Wildman–Crippen MR) is 71.0 cm³/mol. The van der Waals surface area contributed by atoms with Crippen LogP contribution >= 0.6 is 0 Å². The van der Waals surface area contributed by atoms with Gasteiger partial charge in [-0.25, -0.2) is 0 Å². The zero-order valence-electron chi connectivity index (χ0n) is 11.1. The predicted octanol–water partition coefficient (Wildman–Crippen LogP) is 1.21. The van der Waals surface area contributed by atoms with E-state index < -0.39 is 0 Å². The monoisotopic (exact) mass is 252 g/mol. The van der Waals surface area contributed by atoms with Crippen molar-refractivity contribution in [2.75, 3.05) is 46.3 Å². The molecule has 0 aliphatic carbocycles. The van der Waals surface area contributed by atoms with Crippen LogP contribution in [0.25, 0.3) is 0 Å². The van der Waals surface area contributed by atoms with Crippen molar-refractivity contribution in [2.45, 2.75) is 0 Å². The average Bonchev–Trinajstić information content (AvgIpc) is 2.36. The summed E-state index contributed by atoms with van der Waals surface area (Å²) in [6.45, 7) is 1.34. The van der Waals surface area contributed by atoms with Gasteiger partial charge in [-0.1, -0.05) is 6.07 Å². The van der Waals surface area contributed by atoms with Crippen LogP contribution in [0.3, 0.4) is 0 Å². The summed E-state index contributed by atoms with van der Waals surface area (Å²) in [5.74, 6) is 0.787. The van der Waals surface area contributed by atoms with Crippen LogP contribution in [0.1, 0.15) is 0 Å². The number of rotatable bonds is 7. The Labute approximate surface area is 108 Å². The molecule has 1 aromatic rings. The van der Waals surface area contributed by atoms with Crippen LogP contribution in [0.2, 0.25) is 0 Å². The number of carbonyl (C=O) groups excluding carboxylic acids is 1. The first-order chi connectivity index (χ1) is 8.63. The highest BCUT2D eigenvalue weighted by Gasteiger charge is 2.03.